The molecule has 0 aliphatic rings. The number of carbonyl (C=O) groups is 1. The molecule has 0 amide bonds. The van der Waals surface area contributed by atoms with Crippen LogP contribution in [0.1, 0.15) is 22.5 Å². The minimum atomic E-state index is -2.66. The number of methoxy groups -OCH3 is 1. The quantitative estimate of drug-likeness (QED) is 0.489. The van der Waals surface area contributed by atoms with Crippen LogP contribution in [0.3, 0.4) is 0 Å². The SMILES string of the molecule is COc1cc(C=O)nc(I)c1C(F)F. The molecule has 1 heterocycles. The second-order valence-electron chi connectivity index (χ2n) is 2.37. The van der Waals surface area contributed by atoms with Crippen LogP contribution in [0, 0.1) is 3.70 Å². The van der Waals surface area contributed by atoms with Crippen LogP contribution in [0.15, 0.2) is 6.07 Å². The summed E-state index contributed by atoms with van der Waals surface area (Å²) in [4.78, 5) is 14.1. The zero-order valence-electron chi connectivity index (χ0n) is 7.13. The molecule has 0 aliphatic heterocycles. The Morgan fingerprint density at radius 1 is 1.64 bits per heavy atom. The third kappa shape index (κ3) is 2.17. The monoisotopic (exact) mass is 313 g/mol. The number of pyridine rings is 1. The molecule has 0 radical (unpaired) electrons. The number of aromatic nitrogens is 1. The number of alkyl halides is 2. The fourth-order valence-electron chi connectivity index (χ4n) is 0.946. The predicted molar refractivity (Wildman–Crippen MR) is 53.9 cm³/mol. The molecule has 76 valence electrons. The number of nitrogens with zero attached hydrogens (tertiary/aromatic N) is 1. The summed E-state index contributed by atoms with van der Waals surface area (Å²) in [6.45, 7) is 0. The van der Waals surface area contributed by atoms with Gasteiger partial charge in [0.1, 0.15) is 15.1 Å². The Morgan fingerprint density at radius 2 is 2.29 bits per heavy atom. The maximum atomic E-state index is 12.5. The first kappa shape index (κ1) is 11.3. The van der Waals surface area contributed by atoms with Gasteiger partial charge >= 0.3 is 0 Å². The highest BCUT2D eigenvalue weighted by Crippen LogP contribution is 2.32. The normalized spacial score (nSPS) is 10.4. The number of ether oxygens (including phenoxy) is 1. The minimum Gasteiger partial charge on any atom is -0.496 e. The van der Waals surface area contributed by atoms with E-state index < -0.39 is 6.43 Å². The van der Waals surface area contributed by atoms with E-state index in [-0.39, 0.29) is 20.7 Å². The molecule has 0 unspecified atom stereocenters. The van der Waals surface area contributed by atoms with Gasteiger partial charge in [0.05, 0.1) is 12.7 Å². The van der Waals surface area contributed by atoms with Crippen molar-refractivity contribution in [1.29, 1.82) is 0 Å². The smallest absolute Gasteiger partial charge is 0.269 e. The van der Waals surface area contributed by atoms with E-state index in [1.807, 2.05) is 0 Å². The van der Waals surface area contributed by atoms with E-state index in [0.717, 1.165) is 0 Å². The second kappa shape index (κ2) is 4.63. The van der Waals surface area contributed by atoms with E-state index in [2.05, 4.69) is 4.98 Å². The van der Waals surface area contributed by atoms with Crippen LogP contribution >= 0.6 is 22.6 Å². The molecule has 3 nitrogen and oxygen atoms in total. The molecule has 0 bridgehead atoms. The molecular formula is C8H6F2INO2. The predicted octanol–water partition coefficient (Wildman–Crippen LogP) is 2.44. The Balaban J connectivity index is 3.34. The maximum absolute atomic E-state index is 12.5. The zero-order chi connectivity index (χ0) is 10.7. The number of hydrogen-bond acceptors (Lipinski definition) is 3. The van der Waals surface area contributed by atoms with E-state index in [1.54, 1.807) is 22.6 Å². The molecule has 0 N–H and O–H groups in total. The van der Waals surface area contributed by atoms with Gasteiger partial charge in [-0.3, -0.25) is 4.79 Å². The third-order valence-corrected chi connectivity index (χ3v) is 2.38. The summed E-state index contributed by atoms with van der Waals surface area (Å²) in [6, 6.07) is 1.19. The summed E-state index contributed by atoms with van der Waals surface area (Å²) in [5.74, 6) is -0.0125. The van der Waals surface area contributed by atoms with E-state index in [1.165, 1.54) is 13.2 Å². The molecule has 14 heavy (non-hydrogen) atoms. The van der Waals surface area contributed by atoms with Crippen LogP contribution in [0.25, 0.3) is 0 Å². The first-order chi connectivity index (χ1) is 6.60. The molecule has 0 atom stereocenters. The van der Waals surface area contributed by atoms with Gasteiger partial charge < -0.3 is 4.74 Å². The van der Waals surface area contributed by atoms with Crippen molar-refractivity contribution in [1.82, 2.24) is 4.98 Å². The standard InChI is InChI=1S/C8H6F2INO2/c1-14-5-2-4(3-13)12-8(11)6(5)7(9)10/h2-3,7H,1H3. The van der Waals surface area contributed by atoms with Gasteiger partial charge in [-0.2, -0.15) is 0 Å². The number of halogens is 3. The van der Waals surface area contributed by atoms with Crippen molar-refractivity contribution in [2.24, 2.45) is 0 Å². The number of aldehydes is 1. The molecule has 0 aromatic carbocycles. The van der Waals surface area contributed by atoms with Crippen LogP contribution < -0.4 is 4.74 Å². The fraction of sp³-hybridized carbons (Fsp3) is 0.250. The summed E-state index contributed by atoms with van der Waals surface area (Å²) in [6.07, 6.45) is -2.18. The molecule has 0 fully saturated rings. The van der Waals surface area contributed by atoms with Crippen molar-refractivity contribution in [2.75, 3.05) is 7.11 Å². The van der Waals surface area contributed by atoms with E-state index >= 15 is 0 Å². The van der Waals surface area contributed by atoms with Crippen molar-refractivity contribution in [3.8, 4) is 5.75 Å². The van der Waals surface area contributed by atoms with Gasteiger partial charge in [-0.25, -0.2) is 13.8 Å². The van der Waals surface area contributed by atoms with Gasteiger partial charge in [0.2, 0.25) is 0 Å². The van der Waals surface area contributed by atoms with Gasteiger partial charge in [-0.1, -0.05) is 0 Å². The molecule has 0 aliphatic carbocycles. The number of carbonyl (C=O) groups excluding carboxylic acids is 1. The Bertz CT molecular complexity index is 357. The maximum Gasteiger partial charge on any atom is 0.269 e. The Morgan fingerprint density at radius 3 is 2.71 bits per heavy atom. The first-order valence-electron chi connectivity index (χ1n) is 3.58. The van der Waals surface area contributed by atoms with Crippen molar-refractivity contribution in [3.63, 3.8) is 0 Å². The lowest BCUT2D eigenvalue weighted by molar-refractivity contribution is 0.111. The Hall–Kier alpha value is -0.790. The molecule has 0 saturated heterocycles. The molecular weight excluding hydrogens is 307 g/mol. The second-order valence-corrected chi connectivity index (χ2v) is 3.39. The van der Waals surface area contributed by atoms with Gasteiger partial charge in [0.25, 0.3) is 6.43 Å². The highest BCUT2D eigenvalue weighted by Gasteiger charge is 2.19. The van der Waals surface area contributed by atoms with Crippen LogP contribution in [0.4, 0.5) is 8.78 Å². The van der Waals surface area contributed by atoms with Crippen molar-refractivity contribution < 1.29 is 18.3 Å². The molecule has 1 rings (SSSR count). The van der Waals surface area contributed by atoms with Crippen LogP contribution in [-0.4, -0.2) is 18.4 Å². The van der Waals surface area contributed by atoms with E-state index in [9.17, 15) is 13.6 Å². The van der Waals surface area contributed by atoms with Crippen molar-refractivity contribution in [2.45, 2.75) is 6.43 Å². The first-order valence-corrected chi connectivity index (χ1v) is 4.65. The lowest BCUT2D eigenvalue weighted by Crippen LogP contribution is -2.01. The van der Waals surface area contributed by atoms with Crippen molar-refractivity contribution in [3.05, 3.63) is 21.0 Å². The van der Waals surface area contributed by atoms with Gasteiger partial charge in [-0.15, -0.1) is 0 Å². The minimum absolute atomic E-state index is 0.0125. The highest BCUT2D eigenvalue weighted by molar-refractivity contribution is 14.1. The molecule has 1 aromatic heterocycles. The largest absolute Gasteiger partial charge is 0.496 e. The van der Waals surface area contributed by atoms with Crippen molar-refractivity contribution >= 4 is 28.9 Å². The Labute approximate surface area is 92.6 Å². The number of hydrogen-bond donors (Lipinski definition) is 0. The summed E-state index contributed by atoms with van der Waals surface area (Å²) in [5, 5.41) is 0. The molecule has 6 heteroatoms. The highest BCUT2D eigenvalue weighted by atomic mass is 127. The van der Waals surface area contributed by atoms with Gasteiger partial charge in [0, 0.05) is 6.07 Å². The average molecular weight is 313 g/mol. The summed E-state index contributed by atoms with van der Waals surface area (Å²) in [7, 11) is 1.27. The molecule has 0 saturated carbocycles. The third-order valence-electron chi connectivity index (χ3n) is 1.55. The summed E-state index contributed by atoms with van der Waals surface area (Å²) >= 11 is 1.64. The summed E-state index contributed by atoms with van der Waals surface area (Å²) in [5.41, 5.74) is -0.200. The lowest BCUT2D eigenvalue weighted by Gasteiger charge is -2.09. The zero-order valence-corrected chi connectivity index (χ0v) is 9.29. The fourth-order valence-corrected chi connectivity index (χ4v) is 1.73. The molecule has 1 aromatic rings. The molecule has 0 spiro atoms. The van der Waals surface area contributed by atoms with Crippen LogP contribution in [-0.2, 0) is 0 Å². The van der Waals surface area contributed by atoms with Crippen LogP contribution in [0.5, 0.6) is 5.75 Å². The average Bonchev–Trinajstić information content (AvgIpc) is 2.15. The Kier molecular flexibility index (Phi) is 3.73. The van der Waals surface area contributed by atoms with Crippen LogP contribution in [0.2, 0.25) is 0 Å². The van der Waals surface area contributed by atoms with Gasteiger partial charge in [-0.05, 0) is 22.6 Å². The topological polar surface area (TPSA) is 39.2 Å². The van der Waals surface area contributed by atoms with E-state index in [0.29, 0.717) is 6.29 Å². The lowest BCUT2D eigenvalue weighted by atomic mass is 10.2. The van der Waals surface area contributed by atoms with E-state index in [4.69, 9.17) is 4.74 Å². The summed E-state index contributed by atoms with van der Waals surface area (Å²) < 4.78 is 29.8. The number of rotatable bonds is 3. The van der Waals surface area contributed by atoms with Gasteiger partial charge in [0.15, 0.2) is 6.29 Å².